The van der Waals surface area contributed by atoms with Gasteiger partial charge in [0.1, 0.15) is 11.6 Å². The van der Waals surface area contributed by atoms with Gasteiger partial charge >= 0.3 is 12.1 Å². The second-order valence-corrected chi connectivity index (χ2v) is 7.67. The number of hydrogen-bond donors (Lipinski definition) is 3. The molecule has 1 rings (SSSR count). The Labute approximate surface area is 153 Å². The van der Waals surface area contributed by atoms with Crippen LogP contribution in [-0.4, -0.2) is 50.3 Å². The smallest absolute Gasteiger partial charge is 0.408 e. The maximum Gasteiger partial charge on any atom is 0.408 e. The maximum atomic E-state index is 11.3. The number of carbonyl (C=O) groups excluding carboxylic acids is 2. The first-order valence-electron chi connectivity index (χ1n) is 7.61. The molecule has 26 heavy (non-hydrogen) atoms. The van der Waals surface area contributed by atoms with E-state index >= 15 is 0 Å². The third-order valence-corrected chi connectivity index (χ3v) is 3.60. The molecular formula is C16H26N2O7S. The van der Waals surface area contributed by atoms with Gasteiger partial charge in [0.05, 0.1) is 12.0 Å². The SMILES string of the molecule is COC(=O)[C@H](CN)NC(=O)OC(C)(C)C.Cc1ccc(S(=O)(=O)O)cc1. The molecule has 0 spiro atoms. The van der Waals surface area contributed by atoms with E-state index in [1.54, 1.807) is 32.9 Å². The van der Waals surface area contributed by atoms with Gasteiger partial charge in [-0.25, -0.2) is 9.59 Å². The van der Waals surface area contributed by atoms with Crippen LogP contribution in [0, 0.1) is 6.92 Å². The fraction of sp³-hybridized carbons (Fsp3) is 0.500. The molecule has 148 valence electrons. The average Bonchev–Trinajstić information content (AvgIpc) is 2.50. The summed E-state index contributed by atoms with van der Waals surface area (Å²) >= 11 is 0. The molecule has 1 amide bonds. The van der Waals surface area contributed by atoms with Crippen LogP contribution >= 0.6 is 0 Å². The lowest BCUT2D eigenvalue weighted by Crippen LogP contribution is -2.48. The van der Waals surface area contributed by atoms with Gasteiger partial charge in [0.25, 0.3) is 10.1 Å². The summed E-state index contributed by atoms with van der Waals surface area (Å²) in [4.78, 5) is 22.3. The number of esters is 1. The van der Waals surface area contributed by atoms with Crippen molar-refractivity contribution in [3.8, 4) is 0 Å². The van der Waals surface area contributed by atoms with E-state index in [0.717, 1.165) is 5.56 Å². The Morgan fingerprint density at radius 3 is 2.08 bits per heavy atom. The molecule has 1 aromatic rings. The largest absolute Gasteiger partial charge is 0.467 e. The first-order valence-corrected chi connectivity index (χ1v) is 9.05. The van der Waals surface area contributed by atoms with Crippen molar-refractivity contribution in [3.05, 3.63) is 29.8 Å². The van der Waals surface area contributed by atoms with E-state index in [2.05, 4.69) is 10.1 Å². The lowest BCUT2D eigenvalue weighted by molar-refractivity contribution is -0.142. The second kappa shape index (κ2) is 10.1. The summed E-state index contributed by atoms with van der Waals surface area (Å²) in [5, 5.41) is 2.31. The van der Waals surface area contributed by atoms with Crippen LogP contribution in [0.2, 0.25) is 0 Å². The monoisotopic (exact) mass is 390 g/mol. The molecule has 0 saturated carbocycles. The normalized spacial score (nSPS) is 12.3. The van der Waals surface area contributed by atoms with Gasteiger partial charge < -0.3 is 20.5 Å². The van der Waals surface area contributed by atoms with Gasteiger partial charge in [0.15, 0.2) is 0 Å². The molecule has 0 unspecified atom stereocenters. The molecule has 10 heteroatoms. The Hall–Kier alpha value is -2.17. The summed E-state index contributed by atoms with van der Waals surface area (Å²) in [7, 11) is -2.80. The lowest BCUT2D eigenvalue weighted by Gasteiger charge is -2.21. The molecule has 0 aliphatic heterocycles. The molecular weight excluding hydrogens is 364 g/mol. The Bertz CT molecular complexity index is 694. The topological polar surface area (TPSA) is 145 Å². The van der Waals surface area contributed by atoms with Gasteiger partial charge in [0.2, 0.25) is 0 Å². The number of nitrogens with one attached hydrogen (secondary N) is 1. The Morgan fingerprint density at radius 1 is 1.23 bits per heavy atom. The lowest BCUT2D eigenvalue weighted by atomic mass is 10.2. The fourth-order valence-electron chi connectivity index (χ4n) is 1.52. The summed E-state index contributed by atoms with van der Waals surface area (Å²) in [6.45, 7) is 6.98. The van der Waals surface area contributed by atoms with Crippen LogP contribution in [-0.2, 0) is 24.4 Å². The number of carbonyl (C=O) groups is 2. The zero-order chi connectivity index (χ0) is 20.5. The minimum atomic E-state index is -4.02. The van der Waals surface area contributed by atoms with Crippen molar-refractivity contribution in [1.82, 2.24) is 5.32 Å². The summed E-state index contributed by atoms with van der Waals surface area (Å²) in [5.74, 6) is -0.594. The summed E-state index contributed by atoms with van der Waals surface area (Å²) < 4.78 is 38.9. The highest BCUT2D eigenvalue weighted by Crippen LogP contribution is 2.08. The molecule has 0 fully saturated rings. The van der Waals surface area contributed by atoms with E-state index < -0.39 is 33.8 Å². The number of amides is 1. The number of methoxy groups -OCH3 is 1. The van der Waals surface area contributed by atoms with Gasteiger partial charge in [0, 0.05) is 6.54 Å². The molecule has 0 radical (unpaired) electrons. The van der Waals surface area contributed by atoms with Crippen molar-refractivity contribution < 1.29 is 32.0 Å². The predicted molar refractivity (Wildman–Crippen MR) is 95.2 cm³/mol. The molecule has 1 aromatic carbocycles. The Morgan fingerprint density at radius 2 is 1.73 bits per heavy atom. The Balaban J connectivity index is 0.000000502. The summed E-state index contributed by atoms with van der Waals surface area (Å²) in [5.41, 5.74) is 5.63. The minimum absolute atomic E-state index is 0.0358. The first-order chi connectivity index (χ1) is 11.8. The zero-order valence-corrected chi connectivity index (χ0v) is 16.3. The second-order valence-electron chi connectivity index (χ2n) is 6.25. The highest BCUT2D eigenvalue weighted by atomic mass is 32.2. The fourth-order valence-corrected chi connectivity index (χ4v) is 2.00. The van der Waals surface area contributed by atoms with Crippen molar-refractivity contribution in [2.75, 3.05) is 13.7 Å². The van der Waals surface area contributed by atoms with Crippen molar-refractivity contribution in [2.24, 2.45) is 5.73 Å². The maximum absolute atomic E-state index is 11.3. The molecule has 4 N–H and O–H groups in total. The average molecular weight is 390 g/mol. The molecule has 0 bridgehead atoms. The van der Waals surface area contributed by atoms with Crippen LogP contribution in [0.5, 0.6) is 0 Å². The highest BCUT2D eigenvalue weighted by Gasteiger charge is 2.23. The van der Waals surface area contributed by atoms with Gasteiger partial charge in [-0.3, -0.25) is 4.55 Å². The molecule has 0 aromatic heterocycles. The molecule has 1 atom stereocenters. The van der Waals surface area contributed by atoms with Gasteiger partial charge in [-0.1, -0.05) is 17.7 Å². The van der Waals surface area contributed by atoms with E-state index in [9.17, 15) is 18.0 Å². The number of benzene rings is 1. The highest BCUT2D eigenvalue weighted by molar-refractivity contribution is 7.85. The van der Waals surface area contributed by atoms with Gasteiger partial charge in [-0.05, 0) is 39.8 Å². The first kappa shape index (κ1) is 23.8. The van der Waals surface area contributed by atoms with Crippen LogP contribution < -0.4 is 11.1 Å². The van der Waals surface area contributed by atoms with Crippen LogP contribution in [0.15, 0.2) is 29.2 Å². The number of nitrogens with two attached hydrogens (primary N) is 1. The number of alkyl carbamates (subject to hydrolysis) is 1. The molecule has 0 aliphatic rings. The van der Waals surface area contributed by atoms with E-state index in [1.807, 2.05) is 6.92 Å². The Kier molecular flexibility index (Phi) is 9.25. The minimum Gasteiger partial charge on any atom is -0.467 e. The van der Waals surface area contributed by atoms with E-state index in [-0.39, 0.29) is 11.4 Å². The molecule has 9 nitrogen and oxygen atoms in total. The number of hydrogen-bond acceptors (Lipinski definition) is 7. The quantitative estimate of drug-likeness (QED) is 0.514. The number of rotatable bonds is 4. The van der Waals surface area contributed by atoms with Crippen LogP contribution in [0.1, 0.15) is 26.3 Å². The van der Waals surface area contributed by atoms with E-state index in [4.69, 9.17) is 15.0 Å². The summed E-state index contributed by atoms with van der Waals surface area (Å²) in [6.07, 6.45) is -0.691. The molecule has 0 aliphatic carbocycles. The third-order valence-electron chi connectivity index (χ3n) is 2.73. The van der Waals surface area contributed by atoms with Crippen LogP contribution in [0.3, 0.4) is 0 Å². The summed E-state index contributed by atoms with van der Waals surface area (Å²) in [6, 6.07) is 5.12. The third kappa shape index (κ3) is 9.97. The van der Waals surface area contributed by atoms with E-state index in [1.165, 1.54) is 19.2 Å². The predicted octanol–water partition coefficient (Wildman–Crippen LogP) is 1.25. The van der Waals surface area contributed by atoms with Gasteiger partial charge in [-0.15, -0.1) is 0 Å². The van der Waals surface area contributed by atoms with Gasteiger partial charge in [-0.2, -0.15) is 8.42 Å². The molecule has 0 saturated heterocycles. The molecule has 0 heterocycles. The zero-order valence-electron chi connectivity index (χ0n) is 15.5. The van der Waals surface area contributed by atoms with Crippen LogP contribution in [0.25, 0.3) is 0 Å². The van der Waals surface area contributed by atoms with Crippen molar-refractivity contribution >= 4 is 22.2 Å². The van der Waals surface area contributed by atoms with Crippen molar-refractivity contribution in [3.63, 3.8) is 0 Å². The number of aryl methyl sites for hydroxylation is 1. The number of ether oxygens (including phenoxy) is 2. The van der Waals surface area contributed by atoms with Crippen molar-refractivity contribution in [2.45, 2.75) is 44.2 Å². The van der Waals surface area contributed by atoms with E-state index in [0.29, 0.717) is 0 Å². The van der Waals surface area contributed by atoms with Crippen LogP contribution in [0.4, 0.5) is 4.79 Å². The standard InChI is InChI=1S/C9H18N2O4.C7H8O3S/c1-9(2,3)15-8(13)11-6(5-10)7(12)14-4;1-6-2-4-7(5-3-6)11(8,9)10/h6H,5,10H2,1-4H3,(H,11,13);2-5H,1H3,(H,8,9,10)/t6-;/m0./s1. The van der Waals surface area contributed by atoms with Crippen molar-refractivity contribution in [1.29, 1.82) is 0 Å².